The van der Waals surface area contributed by atoms with Crippen molar-refractivity contribution in [1.82, 2.24) is 14.6 Å². The van der Waals surface area contributed by atoms with E-state index in [1.54, 1.807) is 12.3 Å². The first-order chi connectivity index (χ1) is 10.7. The summed E-state index contributed by atoms with van der Waals surface area (Å²) >= 11 is 0. The summed E-state index contributed by atoms with van der Waals surface area (Å²) < 4.78 is 1.83. The Balaban J connectivity index is 1.70. The predicted molar refractivity (Wildman–Crippen MR) is 86.2 cm³/mol. The van der Waals surface area contributed by atoms with Crippen molar-refractivity contribution in [1.29, 1.82) is 0 Å². The van der Waals surface area contributed by atoms with E-state index in [-0.39, 0.29) is 6.03 Å². The second kappa shape index (κ2) is 5.85. The number of pyridine rings is 1. The monoisotopic (exact) mass is 295 g/mol. The average molecular weight is 295 g/mol. The maximum Gasteiger partial charge on any atom is 0.323 e. The minimum absolute atomic E-state index is 0.283. The van der Waals surface area contributed by atoms with Gasteiger partial charge in [-0.1, -0.05) is 19.1 Å². The highest BCUT2D eigenvalue weighted by Gasteiger charge is 2.05. The van der Waals surface area contributed by atoms with Crippen LogP contribution in [0.25, 0.3) is 5.65 Å². The van der Waals surface area contributed by atoms with Crippen LogP contribution in [0.5, 0.6) is 0 Å². The lowest BCUT2D eigenvalue weighted by Crippen LogP contribution is -2.19. The maximum absolute atomic E-state index is 12.0. The largest absolute Gasteiger partial charge is 0.323 e. The number of nitrogens with zero attached hydrogens (tertiary/aromatic N) is 3. The third kappa shape index (κ3) is 2.90. The highest BCUT2D eigenvalue weighted by molar-refractivity contribution is 5.99. The summed E-state index contributed by atoms with van der Waals surface area (Å²) in [6, 6.07) is 11.1. The zero-order chi connectivity index (χ0) is 15.5. The van der Waals surface area contributed by atoms with Gasteiger partial charge in [0.15, 0.2) is 5.65 Å². The summed E-state index contributed by atoms with van der Waals surface area (Å²) in [5.41, 5.74) is 3.42. The van der Waals surface area contributed by atoms with Gasteiger partial charge in [-0.15, -0.1) is 10.2 Å². The van der Waals surface area contributed by atoms with Crippen LogP contribution in [0, 0.1) is 6.92 Å². The second-order valence-electron chi connectivity index (χ2n) is 5.02. The number of benzene rings is 1. The van der Waals surface area contributed by atoms with Gasteiger partial charge in [-0.05, 0) is 43.2 Å². The van der Waals surface area contributed by atoms with Gasteiger partial charge in [0.05, 0.1) is 5.69 Å². The number of amides is 2. The third-order valence-corrected chi connectivity index (χ3v) is 3.45. The zero-order valence-electron chi connectivity index (χ0n) is 12.5. The fourth-order valence-corrected chi connectivity index (χ4v) is 2.20. The van der Waals surface area contributed by atoms with Gasteiger partial charge in [0.1, 0.15) is 5.82 Å². The van der Waals surface area contributed by atoms with Crippen LogP contribution in [0.3, 0.4) is 0 Å². The molecule has 2 heterocycles. The molecule has 3 rings (SSSR count). The lowest BCUT2D eigenvalue weighted by Gasteiger charge is -2.08. The molecular weight excluding hydrogens is 278 g/mol. The molecule has 0 aliphatic carbocycles. The topological polar surface area (TPSA) is 71.3 Å². The van der Waals surface area contributed by atoms with Crippen molar-refractivity contribution >= 4 is 23.1 Å². The summed E-state index contributed by atoms with van der Waals surface area (Å²) in [6.07, 6.45) is 2.77. The SMILES string of the molecule is CCc1ccc(NC(=O)Nc2ccc3nnc(C)n3c2)cc1. The van der Waals surface area contributed by atoms with Crippen molar-refractivity contribution in [3.05, 3.63) is 54.0 Å². The molecule has 6 nitrogen and oxygen atoms in total. The summed E-state index contributed by atoms with van der Waals surface area (Å²) in [6.45, 7) is 3.96. The molecule has 2 N–H and O–H groups in total. The number of hydrogen-bond donors (Lipinski definition) is 2. The molecule has 2 aromatic heterocycles. The third-order valence-electron chi connectivity index (χ3n) is 3.45. The van der Waals surface area contributed by atoms with Gasteiger partial charge in [-0.2, -0.15) is 0 Å². The molecular formula is C16H17N5O. The first-order valence-corrected chi connectivity index (χ1v) is 7.14. The van der Waals surface area contributed by atoms with Crippen molar-refractivity contribution in [2.75, 3.05) is 10.6 Å². The van der Waals surface area contributed by atoms with Crippen molar-refractivity contribution in [2.24, 2.45) is 0 Å². The summed E-state index contributed by atoms with van der Waals surface area (Å²) in [7, 11) is 0. The van der Waals surface area contributed by atoms with Crippen LogP contribution in [-0.4, -0.2) is 20.6 Å². The number of carbonyl (C=O) groups is 1. The molecule has 0 aliphatic heterocycles. The number of rotatable bonds is 3. The minimum Gasteiger partial charge on any atom is -0.308 e. The Kier molecular flexibility index (Phi) is 3.74. The smallest absolute Gasteiger partial charge is 0.308 e. The molecule has 112 valence electrons. The molecule has 2 amide bonds. The molecule has 6 heteroatoms. The molecule has 0 saturated carbocycles. The Morgan fingerprint density at radius 1 is 1.05 bits per heavy atom. The number of anilines is 2. The Morgan fingerprint density at radius 3 is 2.45 bits per heavy atom. The van der Waals surface area contributed by atoms with Crippen LogP contribution >= 0.6 is 0 Å². The van der Waals surface area contributed by atoms with Gasteiger partial charge < -0.3 is 10.6 Å². The Hall–Kier alpha value is -2.89. The first-order valence-electron chi connectivity index (χ1n) is 7.14. The number of nitrogens with one attached hydrogen (secondary N) is 2. The standard InChI is InChI=1S/C16H17N5O/c1-3-12-4-6-13(7-5-12)17-16(22)18-14-8-9-15-20-19-11(2)21(15)10-14/h4-10H,3H2,1-2H3,(H2,17,18,22). The van der Waals surface area contributed by atoms with Crippen molar-refractivity contribution < 1.29 is 4.79 Å². The first kappa shape index (κ1) is 14.1. The molecule has 3 aromatic rings. The second-order valence-corrected chi connectivity index (χ2v) is 5.02. The van der Waals surface area contributed by atoms with Crippen LogP contribution < -0.4 is 10.6 Å². The van der Waals surface area contributed by atoms with Crippen molar-refractivity contribution in [2.45, 2.75) is 20.3 Å². The van der Waals surface area contributed by atoms with E-state index >= 15 is 0 Å². The predicted octanol–water partition coefficient (Wildman–Crippen LogP) is 3.24. The molecule has 0 spiro atoms. The number of urea groups is 1. The van der Waals surface area contributed by atoms with Gasteiger partial charge in [0, 0.05) is 11.9 Å². The van der Waals surface area contributed by atoms with E-state index in [9.17, 15) is 4.79 Å². The molecule has 0 aliphatic rings. The van der Waals surface area contributed by atoms with E-state index in [2.05, 4.69) is 27.8 Å². The molecule has 0 radical (unpaired) electrons. The van der Waals surface area contributed by atoms with E-state index in [0.717, 1.165) is 23.6 Å². The number of aryl methyl sites for hydroxylation is 2. The Morgan fingerprint density at radius 2 is 1.73 bits per heavy atom. The van der Waals surface area contributed by atoms with E-state index < -0.39 is 0 Å². The molecule has 0 unspecified atom stereocenters. The van der Waals surface area contributed by atoms with Gasteiger partial charge in [0.2, 0.25) is 0 Å². The number of carbonyl (C=O) groups excluding carboxylic acids is 1. The van der Waals surface area contributed by atoms with Crippen LogP contribution in [-0.2, 0) is 6.42 Å². The summed E-state index contributed by atoms with van der Waals surface area (Å²) in [5, 5.41) is 13.6. The molecule has 0 saturated heterocycles. The van der Waals surface area contributed by atoms with Gasteiger partial charge in [-0.3, -0.25) is 4.40 Å². The Labute approximate surface area is 128 Å². The number of aromatic nitrogens is 3. The molecule has 0 bridgehead atoms. The maximum atomic E-state index is 12.0. The number of fused-ring (bicyclic) bond motifs is 1. The van der Waals surface area contributed by atoms with Crippen molar-refractivity contribution in [3.8, 4) is 0 Å². The fourth-order valence-electron chi connectivity index (χ4n) is 2.20. The van der Waals surface area contributed by atoms with Gasteiger partial charge in [-0.25, -0.2) is 4.79 Å². The lowest BCUT2D eigenvalue weighted by molar-refractivity contribution is 0.262. The highest BCUT2D eigenvalue weighted by Crippen LogP contribution is 2.13. The van der Waals surface area contributed by atoms with Crippen LogP contribution in [0.2, 0.25) is 0 Å². The van der Waals surface area contributed by atoms with E-state index in [4.69, 9.17) is 0 Å². The Bertz CT molecular complexity index is 807. The van der Waals surface area contributed by atoms with E-state index in [0.29, 0.717) is 5.69 Å². The molecule has 22 heavy (non-hydrogen) atoms. The minimum atomic E-state index is -0.283. The van der Waals surface area contributed by atoms with E-state index in [1.807, 2.05) is 41.7 Å². The quantitative estimate of drug-likeness (QED) is 0.779. The summed E-state index contributed by atoms with van der Waals surface area (Å²) in [4.78, 5) is 12.0. The van der Waals surface area contributed by atoms with Crippen LogP contribution in [0.4, 0.5) is 16.2 Å². The average Bonchev–Trinajstić information content (AvgIpc) is 2.89. The molecule has 0 fully saturated rings. The molecule has 1 aromatic carbocycles. The fraction of sp³-hybridized carbons (Fsp3) is 0.188. The molecule has 0 atom stereocenters. The zero-order valence-corrected chi connectivity index (χ0v) is 12.5. The normalized spacial score (nSPS) is 10.6. The van der Waals surface area contributed by atoms with Crippen molar-refractivity contribution in [3.63, 3.8) is 0 Å². The summed E-state index contributed by atoms with van der Waals surface area (Å²) in [5.74, 6) is 0.772. The van der Waals surface area contributed by atoms with E-state index in [1.165, 1.54) is 5.56 Å². The number of hydrogen-bond acceptors (Lipinski definition) is 3. The van der Waals surface area contributed by atoms with Gasteiger partial charge >= 0.3 is 6.03 Å². The van der Waals surface area contributed by atoms with Crippen LogP contribution in [0.1, 0.15) is 18.3 Å². The highest BCUT2D eigenvalue weighted by atomic mass is 16.2. The lowest BCUT2D eigenvalue weighted by atomic mass is 10.1. The van der Waals surface area contributed by atoms with Gasteiger partial charge in [0.25, 0.3) is 0 Å². The van der Waals surface area contributed by atoms with Crippen LogP contribution in [0.15, 0.2) is 42.6 Å².